The SMILES string of the molecule is CCN1C(=O)CC(Nc2c(F)cccc2Br)C1=O. The van der Waals surface area contributed by atoms with Crippen molar-refractivity contribution in [3.05, 3.63) is 28.5 Å². The number of nitrogens with zero attached hydrogens (tertiary/aromatic N) is 1. The maximum absolute atomic E-state index is 13.6. The summed E-state index contributed by atoms with van der Waals surface area (Å²) in [6, 6.07) is 3.84. The van der Waals surface area contributed by atoms with Gasteiger partial charge >= 0.3 is 0 Å². The molecule has 0 saturated carbocycles. The van der Waals surface area contributed by atoms with Crippen LogP contribution < -0.4 is 5.32 Å². The molecule has 0 aromatic heterocycles. The first-order chi connectivity index (χ1) is 8.54. The summed E-state index contributed by atoms with van der Waals surface area (Å²) in [5.41, 5.74) is 0.210. The van der Waals surface area contributed by atoms with Crippen molar-refractivity contribution in [2.75, 3.05) is 11.9 Å². The maximum Gasteiger partial charge on any atom is 0.252 e. The van der Waals surface area contributed by atoms with E-state index in [0.29, 0.717) is 11.0 Å². The van der Waals surface area contributed by atoms with E-state index in [1.54, 1.807) is 19.1 Å². The Morgan fingerprint density at radius 1 is 1.50 bits per heavy atom. The van der Waals surface area contributed by atoms with E-state index in [-0.39, 0.29) is 23.9 Å². The lowest BCUT2D eigenvalue weighted by Gasteiger charge is -2.15. The molecule has 1 saturated heterocycles. The van der Waals surface area contributed by atoms with Gasteiger partial charge in [0.1, 0.15) is 11.9 Å². The minimum Gasteiger partial charge on any atom is -0.370 e. The van der Waals surface area contributed by atoms with E-state index < -0.39 is 11.9 Å². The minimum atomic E-state index is -0.689. The molecule has 1 heterocycles. The molecule has 4 nitrogen and oxygen atoms in total. The van der Waals surface area contributed by atoms with Crippen LogP contribution >= 0.6 is 15.9 Å². The first-order valence-electron chi connectivity index (χ1n) is 5.59. The number of rotatable bonds is 3. The highest BCUT2D eigenvalue weighted by Gasteiger charge is 2.37. The van der Waals surface area contributed by atoms with E-state index >= 15 is 0 Å². The van der Waals surface area contributed by atoms with Crippen LogP contribution in [0.2, 0.25) is 0 Å². The predicted molar refractivity (Wildman–Crippen MR) is 68.5 cm³/mol. The molecule has 1 fully saturated rings. The summed E-state index contributed by atoms with van der Waals surface area (Å²) in [5, 5.41) is 2.79. The lowest BCUT2D eigenvalue weighted by Crippen LogP contribution is -2.34. The molecular weight excluding hydrogens is 303 g/mol. The summed E-state index contributed by atoms with van der Waals surface area (Å²) < 4.78 is 14.1. The number of imide groups is 1. The van der Waals surface area contributed by atoms with E-state index in [9.17, 15) is 14.0 Å². The van der Waals surface area contributed by atoms with E-state index in [0.717, 1.165) is 0 Å². The fraction of sp³-hybridized carbons (Fsp3) is 0.333. The van der Waals surface area contributed by atoms with Crippen LogP contribution in [0, 0.1) is 5.82 Å². The lowest BCUT2D eigenvalue weighted by molar-refractivity contribution is -0.138. The molecule has 0 aliphatic carbocycles. The summed E-state index contributed by atoms with van der Waals surface area (Å²) in [4.78, 5) is 24.6. The largest absolute Gasteiger partial charge is 0.370 e. The van der Waals surface area contributed by atoms with Crippen LogP contribution in [0.5, 0.6) is 0 Å². The van der Waals surface area contributed by atoms with Gasteiger partial charge in [0.05, 0.1) is 12.1 Å². The Balaban J connectivity index is 2.21. The topological polar surface area (TPSA) is 49.4 Å². The van der Waals surface area contributed by atoms with Crippen LogP contribution in [-0.2, 0) is 9.59 Å². The second kappa shape index (κ2) is 5.06. The second-order valence-corrected chi connectivity index (χ2v) is 4.83. The number of halogens is 2. The van der Waals surface area contributed by atoms with Gasteiger partial charge in [0, 0.05) is 11.0 Å². The van der Waals surface area contributed by atoms with Gasteiger partial charge in [-0.2, -0.15) is 0 Å². The summed E-state index contributed by atoms with van der Waals surface area (Å²) in [5.74, 6) is -0.996. The summed E-state index contributed by atoms with van der Waals surface area (Å²) >= 11 is 3.21. The van der Waals surface area contributed by atoms with Crippen LogP contribution in [0.15, 0.2) is 22.7 Å². The van der Waals surface area contributed by atoms with Crippen molar-refractivity contribution < 1.29 is 14.0 Å². The molecule has 1 aliphatic rings. The molecule has 1 aromatic rings. The third kappa shape index (κ3) is 2.25. The van der Waals surface area contributed by atoms with Crippen molar-refractivity contribution in [1.82, 2.24) is 4.90 Å². The molecule has 1 aliphatic heterocycles. The van der Waals surface area contributed by atoms with Crippen molar-refractivity contribution in [3.63, 3.8) is 0 Å². The first kappa shape index (κ1) is 13.0. The Morgan fingerprint density at radius 2 is 2.22 bits per heavy atom. The molecule has 1 aromatic carbocycles. The summed E-state index contributed by atoms with van der Waals surface area (Å²) in [6.45, 7) is 2.07. The fourth-order valence-electron chi connectivity index (χ4n) is 1.94. The normalized spacial score (nSPS) is 19.5. The van der Waals surface area contributed by atoms with E-state index in [1.807, 2.05) is 0 Å². The van der Waals surface area contributed by atoms with Gasteiger partial charge in [-0.1, -0.05) is 6.07 Å². The smallest absolute Gasteiger partial charge is 0.252 e. The number of nitrogens with one attached hydrogen (secondary N) is 1. The van der Waals surface area contributed by atoms with E-state index in [2.05, 4.69) is 21.2 Å². The van der Waals surface area contributed by atoms with Gasteiger partial charge in [0.25, 0.3) is 5.91 Å². The Morgan fingerprint density at radius 3 is 2.78 bits per heavy atom. The highest BCUT2D eigenvalue weighted by atomic mass is 79.9. The molecule has 18 heavy (non-hydrogen) atoms. The molecule has 1 atom stereocenters. The molecule has 0 radical (unpaired) electrons. The summed E-state index contributed by atoms with van der Waals surface area (Å²) in [7, 11) is 0. The molecular formula is C12H12BrFN2O2. The molecule has 6 heteroatoms. The highest BCUT2D eigenvalue weighted by molar-refractivity contribution is 9.10. The van der Waals surface area contributed by atoms with Gasteiger partial charge in [-0.3, -0.25) is 14.5 Å². The standard InChI is InChI=1S/C12H12BrFN2O2/c1-2-16-10(17)6-9(12(16)18)15-11-7(13)4-3-5-8(11)14/h3-5,9,15H,2,6H2,1H3. The van der Waals surface area contributed by atoms with Crippen molar-refractivity contribution in [3.8, 4) is 0 Å². The van der Waals surface area contributed by atoms with Crippen LogP contribution in [0.4, 0.5) is 10.1 Å². The quantitative estimate of drug-likeness (QED) is 0.870. The second-order valence-electron chi connectivity index (χ2n) is 3.97. The number of carbonyl (C=O) groups is 2. The number of para-hydroxylation sites is 1. The van der Waals surface area contributed by atoms with Crippen molar-refractivity contribution in [1.29, 1.82) is 0 Å². The molecule has 0 bridgehead atoms. The zero-order chi connectivity index (χ0) is 13.3. The Labute approximate surface area is 112 Å². The van der Waals surface area contributed by atoms with Gasteiger partial charge in [0.2, 0.25) is 5.91 Å². The van der Waals surface area contributed by atoms with Crippen LogP contribution in [0.1, 0.15) is 13.3 Å². The van der Waals surface area contributed by atoms with Gasteiger partial charge in [0.15, 0.2) is 0 Å². The van der Waals surface area contributed by atoms with Crippen molar-refractivity contribution >= 4 is 33.4 Å². The zero-order valence-corrected chi connectivity index (χ0v) is 11.3. The van der Waals surface area contributed by atoms with Crippen molar-refractivity contribution in [2.45, 2.75) is 19.4 Å². The number of anilines is 1. The van der Waals surface area contributed by atoms with Gasteiger partial charge in [-0.05, 0) is 35.0 Å². The zero-order valence-electron chi connectivity index (χ0n) is 9.74. The van der Waals surface area contributed by atoms with Crippen LogP contribution in [-0.4, -0.2) is 29.3 Å². The first-order valence-corrected chi connectivity index (χ1v) is 6.38. The third-order valence-electron chi connectivity index (χ3n) is 2.84. The fourth-order valence-corrected chi connectivity index (χ4v) is 2.39. The van der Waals surface area contributed by atoms with Gasteiger partial charge in [-0.25, -0.2) is 4.39 Å². The number of hydrogen-bond donors (Lipinski definition) is 1. The third-order valence-corrected chi connectivity index (χ3v) is 3.50. The van der Waals surface area contributed by atoms with Gasteiger partial charge in [-0.15, -0.1) is 0 Å². The van der Waals surface area contributed by atoms with E-state index in [4.69, 9.17) is 0 Å². The molecule has 96 valence electrons. The van der Waals surface area contributed by atoms with Crippen LogP contribution in [0.3, 0.4) is 0 Å². The number of hydrogen-bond acceptors (Lipinski definition) is 3. The average Bonchev–Trinajstić information content (AvgIpc) is 2.59. The number of benzene rings is 1. The number of likely N-dealkylation sites (tertiary alicyclic amines) is 1. The molecule has 0 spiro atoms. The summed E-state index contributed by atoms with van der Waals surface area (Å²) in [6.07, 6.45) is 0.0629. The molecule has 2 rings (SSSR count). The minimum absolute atomic E-state index is 0.0629. The van der Waals surface area contributed by atoms with Crippen molar-refractivity contribution in [2.24, 2.45) is 0 Å². The monoisotopic (exact) mass is 314 g/mol. The lowest BCUT2D eigenvalue weighted by atomic mass is 10.2. The van der Waals surface area contributed by atoms with Crippen LogP contribution in [0.25, 0.3) is 0 Å². The number of likely N-dealkylation sites (N-methyl/N-ethyl adjacent to an activating group) is 1. The van der Waals surface area contributed by atoms with E-state index in [1.165, 1.54) is 11.0 Å². The highest BCUT2D eigenvalue weighted by Crippen LogP contribution is 2.28. The molecule has 2 amide bonds. The predicted octanol–water partition coefficient (Wildman–Crippen LogP) is 2.15. The Hall–Kier alpha value is -1.43. The number of amides is 2. The average molecular weight is 315 g/mol. The Bertz CT molecular complexity index is 487. The number of carbonyl (C=O) groups excluding carboxylic acids is 2. The Kier molecular flexibility index (Phi) is 3.65. The molecule has 1 unspecified atom stereocenters. The molecule has 1 N–H and O–H groups in total. The maximum atomic E-state index is 13.6. The van der Waals surface area contributed by atoms with Gasteiger partial charge < -0.3 is 5.32 Å².